The topological polar surface area (TPSA) is 51.5 Å². The van der Waals surface area contributed by atoms with Crippen molar-refractivity contribution in [1.29, 1.82) is 0 Å². The van der Waals surface area contributed by atoms with E-state index in [0.717, 1.165) is 40.0 Å². The van der Waals surface area contributed by atoms with Gasteiger partial charge in [0.2, 0.25) is 0 Å². The van der Waals surface area contributed by atoms with Crippen molar-refractivity contribution in [3.63, 3.8) is 0 Å². The van der Waals surface area contributed by atoms with Gasteiger partial charge in [-0.1, -0.05) is 6.07 Å². The van der Waals surface area contributed by atoms with Crippen LogP contribution in [0.3, 0.4) is 0 Å². The molecule has 2 aromatic carbocycles. The van der Waals surface area contributed by atoms with E-state index in [2.05, 4.69) is 63.1 Å². The number of thiocarbonyl (C=S) groups is 1. The van der Waals surface area contributed by atoms with E-state index in [4.69, 9.17) is 21.7 Å². The first-order chi connectivity index (χ1) is 17.1. The number of benzene rings is 2. The molecule has 6 nitrogen and oxygen atoms in total. The summed E-state index contributed by atoms with van der Waals surface area (Å²) in [6.45, 7) is 4.73. The van der Waals surface area contributed by atoms with Crippen LogP contribution in [0.2, 0.25) is 0 Å². The standard InChI is InChI=1S/C28H28N4O2S/c1-4-34-23-15-11-21(12-16-23)32-27(26(30-28(32)35)24-7-5-6-18-29-24)25-17-8-19(2)31(25)20-9-13-22(33-3)14-10-20/h5-18,26-27H,4H2,1-3H3,(H,30,35)/t26-,27+/m1/s1. The maximum atomic E-state index is 5.89. The van der Waals surface area contributed by atoms with Crippen LogP contribution in [0.25, 0.3) is 5.69 Å². The third-order valence-corrected chi connectivity index (χ3v) is 6.58. The first-order valence-corrected chi connectivity index (χ1v) is 12.1. The van der Waals surface area contributed by atoms with Gasteiger partial charge < -0.3 is 24.3 Å². The van der Waals surface area contributed by atoms with Gasteiger partial charge in [-0.2, -0.15) is 0 Å². The third-order valence-electron chi connectivity index (χ3n) is 6.26. The molecule has 7 heteroatoms. The molecule has 4 aromatic rings. The third kappa shape index (κ3) is 4.35. The maximum absolute atomic E-state index is 5.89. The van der Waals surface area contributed by atoms with Crippen molar-refractivity contribution in [2.75, 3.05) is 18.6 Å². The molecule has 1 aliphatic rings. The minimum Gasteiger partial charge on any atom is -0.497 e. The molecule has 1 N–H and O–H groups in total. The van der Waals surface area contributed by atoms with Crippen LogP contribution in [0.15, 0.2) is 85.1 Å². The monoisotopic (exact) mass is 484 g/mol. The lowest BCUT2D eigenvalue weighted by Crippen LogP contribution is -2.30. The summed E-state index contributed by atoms with van der Waals surface area (Å²) >= 11 is 5.89. The van der Waals surface area contributed by atoms with Gasteiger partial charge in [0, 0.05) is 29.0 Å². The summed E-state index contributed by atoms with van der Waals surface area (Å²) in [6.07, 6.45) is 1.82. The van der Waals surface area contributed by atoms with Crippen LogP contribution in [-0.2, 0) is 0 Å². The Bertz CT molecular complexity index is 1300. The van der Waals surface area contributed by atoms with Gasteiger partial charge in [-0.3, -0.25) is 4.98 Å². The highest BCUT2D eigenvalue weighted by molar-refractivity contribution is 7.80. The van der Waals surface area contributed by atoms with Gasteiger partial charge in [0.1, 0.15) is 17.5 Å². The van der Waals surface area contributed by atoms with E-state index in [-0.39, 0.29) is 12.1 Å². The Morgan fingerprint density at radius 2 is 1.63 bits per heavy atom. The molecular weight excluding hydrogens is 456 g/mol. The Hall–Kier alpha value is -3.84. The largest absolute Gasteiger partial charge is 0.497 e. The molecule has 35 heavy (non-hydrogen) atoms. The lowest BCUT2D eigenvalue weighted by atomic mass is 10.0. The molecule has 2 atom stereocenters. The molecule has 0 radical (unpaired) electrons. The first-order valence-electron chi connectivity index (χ1n) is 11.7. The lowest BCUT2D eigenvalue weighted by Gasteiger charge is -2.29. The lowest BCUT2D eigenvalue weighted by molar-refractivity contribution is 0.340. The number of pyridine rings is 1. The fourth-order valence-corrected chi connectivity index (χ4v) is 5.02. The molecule has 0 saturated carbocycles. The highest BCUT2D eigenvalue weighted by Crippen LogP contribution is 2.43. The fourth-order valence-electron chi connectivity index (χ4n) is 4.68. The van der Waals surface area contributed by atoms with Crippen molar-refractivity contribution in [2.24, 2.45) is 0 Å². The van der Waals surface area contributed by atoms with Crippen LogP contribution in [-0.4, -0.2) is 28.4 Å². The summed E-state index contributed by atoms with van der Waals surface area (Å²) < 4.78 is 13.3. The normalized spacial score (nSPS) is 17.3. The molecule has 1 aliphatic heterocycles. The summed E-state index contributed by atoms with van der Waals surface area (Å²) in [6, 6.07) is 26.3. The Morgan fingerprint density at radius 3 is 2.29 bits per heavy atom. The van der Waals surface area contributed by atoms with E-state index < -0.39 is 0 Å². The smallest absolute Gasteiger partial charge is 0.174 e. The molecule has 5 rings (SSSR count). The number of aryl methyl sites for hydroxylation is 1. The Labute approximate surface area is 211 Å². The molecule has 1 fully saturated rings. The van der Waals surface area contributed by atoms with E-state index in [9.17, 15) is 0 Å². The number of nitrogens with one attached hydrogen (secondary N) is 1. The van der Waals surface area contributed by atoms with Crippen molar-refractivity contribution in [3.8, 4) is 17.2 Å². The van der Waals surface area contributed by atoms with Crippen LogP contribution in [0.1, 0.15) is 36.1 Å². The number of rotatable bonds is 7. The van der Waals surface area contributed by atoms with Crippen LogP contribution >= 0.6 is 12.2 Å². The predicted octanol–water partition coefficient (Wildman–Crippen LogP) is 5.77. The van der Waals surface area contributed by atoms with Crippen molar-refractivity contribution in [3.05, 3.63) is 102 Å². The van der Waals surface area contributed by atoms with Gasteiger partial charge in [-0.05, 0) is 98.9 Å². The van der Waals surface area contributed by atoms with Crippen LogP contribution in [0.5, 0.6) is 11.5 Å². The quantitative estimate of drug-likeness (QED) is 0.336. The van der Waals surface area contributed by atoms with E-state index >= 15 is 0 Å². The van der Waals surface area contributed by atoms with Gasteiger partial charge in [-0.15, -0.1) is 0 Å². The van der Waals surface area contributed by atoms with Crippen molar-refractivity contribution in [2.45, 2.75) is 25.9 Å². The second kappa shape index (κ2) is 9.80. The number of nitrogens with zero attached hydrogens (tertiary/aromatic N) is 3. The minimum absolute atomic E-state index is 0.119. The molecule has 0 unspecified atom stereocenters. The summed E-state index contributed by atoms with van der Waals surface area (Å²) in [7, 11) is 1.68. The summed E-state index contributed by atoms with van der Waals surface area (Å²) in [4.78, 5) is 6.85. The first kappa shape index (κ1) is 22.9. The molecule has 0 amide bonds. The summed E-state index contributed by atoms with van der Waals surface area (Å²) in [5.41, 5.74) is 5.24. The van der Waals surface area contributed by atoms with Crippen molar-refractivity contribution < 1.29 is 9.47 Å². The molecule has 178 valence electrons. The van der Waals surface area contributed by atoms with Crippen LogP contribution in [0, 0.1) is 6.92 Å². The van der Waals surface area contributed by atoms with Gasteiger partial charge in [-0.25, -0.2) is 0 Å². The molecule has 0 bridgehead atoms. The molecule has 2 aromatic heterocycles. The second-order valence-corrected chi connectivity index (χ2v) is 8.74. The number of ether oxygens (including phenoxy) is 2. The van der Waals surface area contributed by atoms with Crippen LogP contribution in [0.4, 0.5) is 5.69 Å². The number of aromatic nitrogens is 2. The summed E-state index contributed by atoms with van der Waals surface area (Å²) in [5.74, 6) is 1.66. The molecule has 0 spiro atoms. The SMILES string of the molecule is CCOc1ccc(N2C(=S)N[C@H](c3ccccn3)[C@@H]2c2ccc(C)n2-c2ccc(OC)cc2)cc1. The maximum Gasteiger partial charge on any atom is 0.174 e. The van der Waals surface area contributed by atoms with Gasteiger partial charge in [0.05, 0.1) is 25.5 Å². The van der Waals surface area contributed by atoms with Crippen molar-refractivity contribution in [1.82, 2.24) is 14.9 Å². The van der Waals surface area contributed by atoms with E-state index in [1.54, 1.807) is 7.11 Å². The predicted molar refractivity (Wildman–Crippen MR) is 143 cm³/mol. The second-order valence-electron chi connectivity index (χ2n) is 8.36. The average Bonchev–Trinajstić information content (AvgIpc) is 3.44. The van der Waals surface area contributed by atoms with Gasteiger partial charge >= 0.3 is 0 Å². The molecule has 0 aliphatic carbocycles. The van der Waals surface area contributed by atoms with E-state index in [1.807, 2.05) is 55.6 Å². The van der Waals surface area contributed by atoms with Gasteiger partial charge in [0.15, 0.2) is 5.11 Å². The van der Waals surface area contributed by atoms with Crippen molar-refractivity contribution >= 4 is 23.0 Å². The fraction of sp³-hybridized carbons (Fsp3) is 0.214. The number of methoxy groups -OCH3 is 1. The zero-order valence-electron chi connectivity index (χ0n) is 20.0. The van der Waals surface area contributed by atoms with Crippen LogP contribution < -0.4 is 19.7 Å². The highest BCUT2D eigenvalue weighted by atomic mass is 32.1. The number of hydrogen-bond acceptors (Lipinski definition) is 4. The number of anilines is 1. The molecule has 3 heterocycles. The Balaban J connectivity index is 1.64. The van der Waals surface area contributed by atoms with Gasteiger partial charge in [0.25, 0.3) is 0 Å². The molecular formula is C28H28N4O2S. The zero-order valence-corrected chi connectivity index (χ0v) is 20.8. The van der Waals surface area contributed by atoms with E-state index in [0.29, 0.717) is 11.7 Å². The Morgan fingerprint density at radius 1 is 0.914 bits per heavy atom. The highest BCUT2D eigenvalue weighted by Gasteiger charge is 2.42. The number of hydrogen-bond donors (Lipinski definition) is 1. The minimum atomic E-state index is -0.124. The Kier molecular flexibility index (Phi) is 6.42. The summed E-state index contributed by atoms with van der Waals surface area (Å²) in [5, 5.41) is 4.21. The average molecular weight is 485 g/mol. The van der Waals surface area contributed by atoms with E-state index in [1.165, 1.54) is 0 Å². The molecule has 1 saturated heterocycles. The zero-order chi connectivity index (χ0) is 24.4.